The predicted molar refractivity (Wildman–Crippen MR) is 111 cm³/mol. The maximum atomic E-state index is 12.5. The molecule has 1 aromatic rings. The van der Waals surface area contributed by atoms with Crippen molar-refractivity contribution >= 4 is 5.91 Å². The Hall–Kier alpha value is -2.04. The van der Waals surface area contributed by atoms with Crippen molar-refractivity contribution in [2.75, 3.05) is 46.1 Å². The van der Waals surface area contributed by atoms with Crippen molar-refractivity contribution < 1.29 is 37.3 Å². The average Bonchev–Trinajstić information content (AvgIpc) is 3.27. The minimum absolute atomic E-state index is 0.0518. The minimum atomic E-state index is -4.34. The summed E-state index contributed by atoms with van der Waals surface area (Å²) in [7, 11) is 0. The number of hydrogen-bond acceptors (Lipinski definition) is 6. The average molecular weight is 460 g/mol. The molecule has 32 heavy (non-hydrogen) atoms. The molecule has 2 N–H and O–H groups in total. The third-order valence-electron chi connectivity index (χ3n) is 5.50. The summed E-state index contributed by atoms with van der Waals surface area (Å²) in [5.41, 5.74) is 0.624. The number of halogens is 3. The molecule has 0 radical (unpaired) electrons. The molecule has 1 aromatic carbocycles. The lowest BCUT2D eigenvalue weighted by Crippen LogP contribution is -2.46. The molecule has 0 aromatic heterocycles. The number of benzene rings is 1. The quantitative estimate of drug-likeness (QED) is 0.495. The summed E-state index contributed by atoms with van der Waals surface area (Å²) < 4.78 is 51.9. The van der Waals surface area contributed by atoms with Gasteiger partial charge in [-0.25, -0.2) is 0 Å². The molecule has 0 bridgehead atoms. The molecule has 0 spiro atoms. The SMILES string of the molecule is O=C(CCCCOCC(F)(F)F)N[C@H](CN1CCCC1)[C@H](O)c1ccc2c(c1)OCCO2. The third-order valence-corrected chi connectivity index (χ3v) is 5.50. The number of amides is 1. The minimum Gasteiger partial charge on any atom is -0.486 e. The van der Waals surface area contributed by atoms with E-state index in [0.29, 0.717) is 49.7 Å². The van der Waals surface area contributed by atoms with E-state index in [4.69, 9.17) is 9.47 Å². The monoisotopic (exact) mass is 460 g/mol. The molecule has 1 amide bonds. The zero-order chi connectivity index (χ0) is 23.0. The Bertz CT molecular complexity index is 741. The summed E-state index contributed by atoms with van der Waals surface area (Å²) in [6.45, 7) is 1.92. The van der Waals surface area contributed by atoms with Crippen molar-refractivity contribution in [2.45, 2.75) is 50.4 Å². The number of aliphatic hydroxyl groups excluding tert-OH is 1. The first kappa shape index (κ1) is 24.6. The molecule has 2 heterocycles. The number of alkyl halides is 3. The van der Waals surface area contributed by atoms with Gasteiger partial charge in [0.15, 0.2) is 11.5 Å². The van der Waals surface area contributed by atoms with Gasteiger partial charge in [0.05, 0.1) is 6.04 Å². The fraction of sp³-hybridized carbons (Fsp3) is 0.682. The zero-order valence-corrected chi connectivity index (χ0v) is 18.0. The molecule has 0 aliphatic carbocycles. The third kappa shape index (κ3) is 7.83. The van der Waals surface area contributed by atoms with Crippen LogP contribution in [0.3, 0.4) is 0 Å². The smallest absolute Gasteiger partial charge is 0.411 e. The molecular formula is C22H31F3N2O5. The van der Waals surface area contributed by atoms with Crippen LogP contribution in [-0.2, 0) is 9.53 Å². The molecule has 3 rings (SSSR count). The van der Waals surface area contributed by atoms with Gasteiger partial charge in [0.25, 0.3) is 0 Å². The van der Waals surface area contributed by atoms with Crippen LogP contribution in [0.4, 0.5) is 13.2 Å². The number of rotatable bonds is 11. The topological polar surface area (TPSA) is 80.3 Å². The standard InChI is InChI=1S/C22H31F3N2O5/c23-22(24,25)15-30-10-4-1-5-20(28)26-17(14-27-8-2-3-9-27)21(29)16-6-7-18-19(13-16)32-12-11-31-18/h6-7,13,17,21,29H,1-5,8-12,14-15H2,(H,26,28)/t17-,21-/m1/s1. The van der Waals surface area contributed by atoms with Gasteiger partial charge in [-0.3, -0.25) is 4.79 Å². The van der Waals surface area contributed by atoms with Gasteiger partial charge in [-0.1, -0.05) is 6.07 Å². The second-order valence-corrected chi connectivity index (χ2v) is 8.15. The highest BCUT2D eigenvalue weighted by Gasteiger charge is 2.28. The van der Waals surface area contributed by atoms with E-state index in [9.17, 15) is 23.1 Å². The van der Waals surface area contributed by atoms with Crippen molar-refractivity contribution in [1.82, 2.24) is 10.2 Å². The van der Waals surface area contributed by atoms with Crippen LogP contribution in [0.5, 0.6) is 11.5 Å². The summed E-state index contributed by atoms with van der Waals surface area (Å²) in [6.07, 6.45) is -2.21. The summed E-state index contributed by atoms with van der Waals surface area (Å²) in [5.74, 6) is 0.944. The van der Waals surface area contributed by atoms with Crippen molar-refractivity contribution in [3.63, 3.8) is 0 Å². The number of likely N-dealkylation sites (tertiary alicyclic amines) is 1. The molecule has 1 saturated heterocycles. The van der Waals surface area contributed by atoms with Crippen LogP contribution in [0.1, 0.15) is 43.8 Å². The van der Waals surface area contributed by atoms with Crippen LogP contribution in [0.2, 0.25) is 0 Å². The molecular weight excluding hydrogens is 429 g/mol. The normalized spacial score (nSPS) is 18.4. The summed E-state index contributed by atoms with van der Waals surface area (Å²) >= 11 is 0. The van der Waals surface area contributed by atoms with Crippen LogP contribution in [0, 0.1) is 0 Å². The van der Waals surface area contributed by atoms with Crippen molar-refractivity contribution in [3.8, 4) is 11.5 Å². The Kier molecular flexibility index (Phi) is 9.01. The lowest BCUT2D eigenvalue weighted by Gasteiger charge is -2.29. The second-order valence-electron chi connectivity index (χ2n) is 8.15. The molecule has 2 aliphatic heterocycles. The zero-order valence-electron chi connectivity index (χ0n) is 18.0. The number of aliphatic hydroxyl groups is 1. The van der Waals surface area contributed by atoms with Crippen molar-refractivity contribution in [1.29, 1.82) is 0 Å². The Morgan fingerprint density at radius 1 is 1.16 bits per heavy atom. The van der Waals surface area contributed by atoms with E-state index in [0.717, 1.165) is 25.9 Å². The van der Waals surface area contributed by atoms with Gasteiger partial charge in [0.2, 0.25) is 5.91 Å². The van der Waals surface area contributed by atoms with Gasteiger partial charge in [0, 0.05) is 19.6 Å². The van der Waals surface area contributed by atoms with Gasteiger partial charge < -0.3 is 29.5 Å². The highest BCUT2D eigenvalue weighted by Crippen LogP contribution is 2.33. The Labute approximate surface area is 185 Å². The fourth-order valence-corrected chi connectivity index (χ4v) is 3.90. The molecule has 1 fully saturated rings. The largest absolute Gasteiger partial charge is 0.486 e. The van der Waals surface area contributed by atoms with E-state index in [1.165, 1.54) is 0 Å². The van der Waals surface area contributed by atoms with E-state index >= 15 is 0 Å². The Morgan fingerprint density at radius 3 is 2.59 bits per heavy atom. The van der Waals surface area contributed by atoms with Gasteiger partial charge in [-0.2, -0.15) is 13.2 Å². The molecule has 180 valence electrons. The van der Waals surface area contributed by atoms with Crippen molar-refractivity contribution in [2.24, 2.45) is 0 Å². The summed E-state index contributed by atoms with van der Waals surface area (Å²) in [6, 6.07) is 4.73. The van der Waals surface area contributed by atoms with E-state index in [1.807, 2.05) is 0 Å². The first-order chi connectivity index (χ1) is 15.3. The highest BCUT2D eigenvalue weighted by atomic mass is 19.4. The van der Waals surface area contributed by atoms with Crippen LogP contribution in [-0.4, -0.2) is 74.2 Å². The maximum Gasteiger partial charge on any atom is 0.411 e. The molecule has 2 aliphatic rings. The van der Waals surface area contributed by atoms with E-state index < -0.39 is 24.9 Å². The van der Waals surface area contributed by atoms with Gasteiger partial charge in [0.1, 0.15) is 25.9 Å². The molecule has 10 heteroatoms. The van der Waals surface area contributed by atoms with Gasteiger partial charge in [-0.05, 0) is 56.5 Å². The van der Waals surface area contributed by atoms with Crippen LogP contribution in [0.25, 0.3) is 0 Å². The Balaban J connectivity index is 1.53. The maximum absolute atomic E-state index is 12.5. The summed E-state index contributed by atoms with van der Waals surface area (Å²) in [5, 5.41) is 14.0. The first-order valence-electron chi connectivity index (χ1n) is 11.1. The van der Waals surface area contributed by atoms with E-state index in [2.05, 4.69) is 15.0 Å². The van der Waals surface area contributed by atoms with Crippen molar-refractivity contribution in [3.05, 3.63) is 23.8 Å². The number of ether oxygens (including phenoxy) is 3. The van der Waals surface area contributed by atoms with Crippen LogP contribution < -0.4 is 14.8 Å². The number of nitrogens with one attached hydrogen (secondary N) is 1. The summed E-state index contributed by atoms with van der Waals surface area (Å²) in [4.78, 5) is 14.7. The highest BCUT2D eigenvalue weighted by molar-refractivity contribution is 5.76. The lowest BCUT2D eigenvalue weighted by atomic mass is 10.0. The molecule has 0 saturated carbocycles. The van der Waals surface area contributed by atoms with Crippen LogP contribution in [0.15, 0.2) is 18.2 Å². The first-order valence-corrected chi connectivity index (χ1v) is 11.1. The van der Waals surface area contributed by atoms with E-state index in [1.54, 1.807) is 18.2 Å². The van der Waals surface area contributed by atoms with E-state index in [-0.39, 0.29) is 18.9 Å². The number of hydrogen-bond donors (Lipinski definition) is 2. The van der Waals surface area contributed by atoms with Crippen LogP contribution >= 0.6 is 0 Å². The molecule has 7 nitrogen and oxygen atoms in total. The molecule has 2 atom stereocenters. The number of carbonyl (C=O) groups is 1. The lowest BCUT2D eigenvalue weighted by molar-refractivity contribution is -0.174. The number of fused-ring (bicyclic) bond motifs is 1. The molecule has 0 unspecified atom stereocenters. The predicted octanol–water partition coefficient (Wildman–Crippen LogP) is 2.82. The number of carbonyl (C=O) groups excluding carboxylic acids is 1. The number of unbranched alkanes of at least 4 members (excludes halogenated alkanes) is 1. The van der Waals surface area contributed by atoms with Gasteiger partial charge in [-0.15, -0.1) is 0 Å². The number of nitrogens with zero attached hydrogens (tertiary/aromatic N) is 1. The second kappa shape index (κ2) is 11.7. The van der Waals surface area contributed by atoms with Gasteiger partial charge >= 0.3 is 6.18 Å². The Morgan fingerprint density at radius 2 is 1.88 bits per heavy atom. The fourth-order valence-electron chi connectivity index (χ4n) is 3.90.